The normalized spacial score (nSPS) is 11.7. The number of alkyl carbamates (subject to hydrolysis) is 1. The first-order chi connectivity index (χ1) is 9.17. The van der Waals surface area contributed by atoms with Gasteiger partial charge in [0.1, 0.15) is 0 Å². The molecule has 1 amide bonds. The molecule has 4 nitrogen and oxygen atoms in total. The molecule has 0 aromatic heterocycles. The number of nitrogens with one attached hydrogen (secondary N) is 1. The van der Waals surface area contributed by atoms with Crippen molar-refractivity contribution in [3.63, 3.8) is 0 Å². The van der Waals surface area contributed by atoms with Crippen molar-refractivity contribution in [2.45, 2.75) is 25.8 Å². The molecular weight excluding hydrogens is 310 g/mol. The predicted octanol–water partition coefficient (Wildman–Crippen LogP) is 2.70. The van der Waals surface area contributed by atoms with Crippen molar-refractivity contribution in [3.8, 4) is 0 Å². The van der Waals surface area contributed by atoms with E-state index in [4.69, 9.17) is 4.74 Å². The molecule has 0 aliphatic carbocycles. The van der Waals surface area contributed by atoms with Crippen molar-refractivity contribution in [1.82, 2.24) is 5.32 Å². The molecule has 0 bridgehead atoms. The highest BCUT2D eigenvalue weighted by Gasteiger charge is 2.20. The van der Waals surface area contributed by atoms with Crippen molar-refractivity contribution in [2.75, 3.05) is 11.9 Å². The van der Waals surface area contributed by atoms with Crippen molar-refractivity contribution in [2.24, 2.45) is 0 Å². The van der Waals surface area contributed by atoms with Gasteiger partial charge < -0.3 is 10.1 Å². The minimum absolute atomic E-state index is 0.0719. The Labute approximate surface area is 121 Å². The van der Waals surface area contributed by atoms with Crippen LogP contribution in [0.1, 0.15) is 18.9 Å². The molecule has 0 aliphatic heterocycles. The van der Waals surface area contributed by atoms with Crippen LogP contribution in [0, 0.1) is 0 Å². The minimum Gasteiger partial charge on any atom is -0.450 e. The number of halogens is 1. The summed E-state index contributed by atoms with van der Waals surface area (Å²) in [5.74, 6) is -0.0719. The molecule has 0 heterocycles. The lowest BCUT2D eigenvalue weighted by Crippen LogP contribution is -2.43. The SMILES string of the molecule is CCCOC(=O)NC(Cc1ccccc1)C(=O)CBr. The van der Waals surface area contributed by atoms with Crippen molar-refractivity contribution < 1.29 is 14.3 Å². The van der Waals surface area contributed by atoms with E-state index in [0.717, 1.165) is 12.0 Å². The van der Waals surface area contributed by atoms with Crippen LogP contribution < -0.4 is 5.32 Å². The molecule has 0 fully saturated rings. The highest BCUT2D eigenvalue weighted by molar-refractivity contribution is 9.09. The number of hydrogen-bond acceptors (Lipinski definition) is 3. The number of carbonyl (C=O) groups excluding carboxylic acids is 2. The van der Waals surface area contributed by atoms with Gasteiger partial charge in [0, 0.05) is 0 Å². The fourth-order valence-electron chi connectivity index (χ4n) is 1.57. The minimum atomic E-state index is -0.564. The Morgan fingerprint density at radius 2 is 2.00 bits per heavy atom. The molecule has 0 saturated heterocycles. The second-order valence-electron chi connectivity index (χ2n) is 4.12. The number of carbonyl (C=O) groups is 2. The second-order valence-corrected chi connectivity index (χ2v) is 4.68. The van der Waals surface area contributed by atoms with Gasteiger partial charge in [-0.25, -0.2) is 4.79 Å². The summed E-state index contributed by atoms with van der Waals surface area (Å²) in [6.07, 6.45) is 0.674. The van der Waals surface area contributed by atoms with Gasteiger partial charge >= 0.3 is 6.09 Å². The van der Waals surface area contributed by atoms with Crippen molar-refractivity contribution in [1.29, 1.82) is 0 Å². The van der Waals surface area contributed by atoms with E-state index in [1.807, 2.05) is 37.3 Å². The van der Waals surface area contributed by atoms with E-state index in [1.165, 1.54) is 0 Å². The van der Waals surface area contributed by atoms with E-state index >= 15 is 0 Å². The highest BCUT2D eigenvalue weighted by Crippen LogP contribution is 2.05. The van der Waals surface area contributed by atoms with Crippen molar-refractivity contribution >= 4 is 27.8 Å². The number of alkyl halides is 1. The zero-order chi connectivity index (χ0) is 14.1. The molecule has 104 valence electrons. The highest BCUT2D eigenvalue weighted by atomic mass is 79.9. The van der Waals surface area contributed by atoms with Gasteiger partial charge in [0.15, 0.2) is 5.78 Å². The van der Waals surface area contributed by atoms with Crippen LogP contribution in [0.25, 0.3) is 0 Å². The molecule has 19 heavy (non-hydrogen) atoms. The number of amides is 1. The molecule has 1 unspecified atom stereocenters. The van der Waals surface area contributed by atoms with E-state index in [1.54, 1.807) is 0 Å². The van der Waals surface area contributed by atoms with Gasteiger partial charge in [-0.15, -0.1) is 0 Å². The van der Waals surface area contributed by atoms with Gasteiger partial charge in [-0.1, -0.05) is 53.2 Å². The first-order valence-corrected chi connectivity index (χ1v) is 7.35. The van der Waals surface area contributed by atoms with Crippen LogP contribution in [0.3, 0.4) is 0 Å². The summed E-state index contributed by atoms with van der Waals surface area (Å²) in [5.41, 5.74) is 0.998. The summed E-state index contributed by atoms with van der Waals surface area (Å²) < 4.78 is 4.94. The number of ether oxygens (including phenoxy) is 1. The van der Waals surface area contributed by atoms with Gasteiger partial charge in [0.05, 0.1) is 18.0 Å². The molecule has 0 saturated carbocycles. The molecule has 0 aliphatic rings. The molecule has 1 aromatic rings. The van der Waals surface area contributed by atoms with Crippen LogP contribution in [0.2, 0.25) is 0 Å². The first-order valence-electron chi connectivity index (χ1n) is 6.23. The molecule has 1 aromatic carbocycles. The summed E-state index contributed by atoms with van der Waals surface area (Å²) in [6, 6.07) is 9.00. The van der Waals surface area contributed by atoms with Crippen LogP contribution in [0.5, 0.6) is 0 Å². The molecule has 0 radical (unpaired) electrons. The number of benzene rings is 1. The average molecular weight is 328 g/mol. The lowest BCUT2D eigenvalue weighted by atomic mass is 10.0. The summed E-state index contributed by atoms with van der Waals surface area (Å²) in [6.45, 7) is 2.27. The van der Waals surface area contributed by atoms with E-state index < -0.39 is 12.1 Å². The van der Waals surface area contributed by atoms with Gasteiger partial charge in [-0.05, 0) is 18.4 Å². The van der Waals surface area contributed by atoms with E-state index in [0.29, 0.717) is 13.0 Å². The van der Waals surface area contributed by atoms with Gasteiger partial charge in [-0.2, -0.15) is 0 Å². The monoisotopic (exact) mass is 327 g/mol. The maximum Gasteiger partial charge on any atom is 0.407 e. The smallest absolute Gasteiger partial charge is 0.407 e. The largest absolute Gasteiger partial charge is 0.450 e. The third-order valence-electron chi connectivity index (χ3n) is 2.53. The quantitative estimate of drug-likeness (QED) is 0.783. The molecule has 1 N–H and O–H groups in total. The summed E-state index contributed by atoms with van der Waals surface area (Å²) in [4.78, 5) is 23.3. The number of rotatable bonds is 7. The van der Waals surface area contributed by atoms with Gasteiger partial charge in [-0.3, -0.25) is 4.79 Å². The Bertz CT molecular complexity index is 408. The van der Waals surface area contributed by atoms with E-state index in [9.17, 15) is 9.59 Å². The summed E-state index contributed by atoms with van der Waals surface area (Å²) in [7, 11) is 0. The Kier molecular flexibility index (Phi) is 7.18. The maximum atomic E-state index is 11.8. The zero-order valence-corrected chi connectivity index (χ0v) is 12.5. The first kappa shape index (κ1) is 15.7. The van der Waals surface area contributed by atoms with Gasteiger partial charge in [0.2, 0.25) is 0 Å². The van der Waals surface area contributed by atoms with Crippen LogP contribution in [0.4, 0.5) is 4.79 Å². The molecule has 5 heteroatoms. The van der Waals surface area contributed by atoms with Crippen LogP contribution in [0.15, 0.2) is 30.3 Å². The van der Waals surface area contributed by atoms with Crippen LogP contribution >= 0.6 is 15.9 Å². The standard InChI is InChI=1S/C14H18BrNO3/c1-2-8-19-14(18)16-12(13(17)10-15)9-11-6-4-3-5-7-11/h3-7,12H,2,8-10H2,1H3,(H,16,18). The lowest BCUT2D eigenvalue weighted by molar-refractivity contribution is -0.118. The maximum absolute atomic E-state index is 11.8. The average Bonchev–Trinajstić information content (AvgIpc) is 2.44. The van der Waals surface area contributed by atoms with E-state index in [2.05, 4.69) is 21.2 Å². The molecule has 0 spiro atoms. The Morgan fingerprint density at radius 1 is 1.32 bits per heavy atom. The van der Waals surface area contributed by atoms with Gasteiger partial charge in [0.25, 0.3) is 0 Å². The van der Waals surface area contributed by atoms with Crippen LogP contribution in [-0.4, -0.2) is 29.9 Å². The summed E-state index contributed by atoms with van der Waals surface area (Å²) >= 11 is 3.13. The van der Waals surface area contributed by atoms with E-state index in [-0.39, 0.29) is 11.1 Å². The third kappa shape index (κ3) is 5.87. The zero-order valence-electron chi connectivity index (χ0n) is 10.9. The summed E-state index contributed by atoms with van der Waals surface area (Å²) in [5, 5.41) is 2.82. The fourth-order valence-corrected chi connectivity index (χ4v) is 1.96. The Morgan fingerprint density at radius 3 is 2.58 bits per heavy atom. The second kappa shape index (κ2) is 8.69. The predicted molar refractivity (Wildman–Crippen MR) is 77.5 cm³/mol. The third-order valence-corrected chi connectivity index (χ3v) is 3.09. The number of hydrogen-bond donors (Lipinski definition) is 1. The Balaban J connectivity index is 2.62. The topological polar surface area (TPSA) is 55.4 Å². The van der Waals surface area contributed by atoms with Crippen LogP contribution in [-0.2, 0) is 16.0 Å². The molecule has 1 atom stereocenters. The van der Waals surface area contributed by atoms with Crippen molar-refractivity contribution in [3.05, 3.63) is 35.9 Å². The number of ketones is 1. The molecule has 1 rings (SSSR count). The molecular formula is C14H18BrNO3. The number of Topliss-reactive ketones (excluding diaryl/α,β-unsaturated/α-hetero) is 1. The fraction of sp³-hybridized carbons (Fsp3) is 0.429. The Hall–Kier alpha value is -1.36. The lowest BCUT2D eigenvalue weighted by Gasteiger charge is -2.16.